The molecule has 1 atom stereocenters. The van der Waals surface area contributed by atoms with E-state index in [2.05, 4.69) is 41.4 Å². The molecule has 1 aliphatic rings. The maximum atomic E-state index is 5.39. The second-order valence-corrected chi connectivity index (χ2v) is 5.60. The molecule has 1 aromatic rings. The molecule has 0 bridgehead atoms. The molecule has 0 aliphatic carbocycles. The van der Waals surface area contributed by atoms with Gasteiger partial charge in [-0.15, -0.1) is 0 Å². The minimum Gasteiger partial charge on any atom is -0.337 e. The van der Waals surface area contributed by atoms with Crippen molar-refractivity contribution in [3.8, 4) is 0 Å². The lowest BCUT2D eigenvalue weighted by molar-refractivity contribution is 0.242. The summed E-state index contributed by atoms with van der Waals surface area (Å²) in [5.74, 6) is 0.527. The fourth-order valence-electron chi connectivity index (χ4n) is 2.80. The Morgan fingerprint density at radius 1 is 1.53 bits per heavy atom. The number of likely N-dealkylation sites (tertiary alicyclic amines) is 1. The van der Waals surface area contributed by atoms with Crippen LogP contribution >= 0.6 is 12.2 Å². The summed E-state index contributed by atoms with van der Waals surface area (Å²) in [5.41, 5.74) is 1.33. The number of aromatic nitrogens is 2. The van der Waals surface area contributed by atoms with E-state index in [1.165, 1.54) is 25.1 Å². The van der Waals surface area contributed by atoms with Gasteiger partial charge in [-0.25, -0.2) is 0 Å². The zero-order valence-corrected chi connectivity index (χ0v) is 11.9. The molecule has 1 aliphatic heterocycles. The molecule has 2 heterocycles. The van der Waals surface area contributed by atoms with E-state index < -0.39 is 0 Å². The molecule has 0 amide bonds. The van der Waals surface area contributed by atoms with Gasteiger partial charge in [-0.05, 0) is 44.1 Å². The smallest absolute Gasteiger partial charge is 0.177 e. The van der Waals surface area contributed by atoms with Crippen molar-refractivity contribution in [2.75, 3.05) is 13.1 Å². The predicted octanol–water partition coefficient (Wildman–Crippen LogP) is 3.15. The number of aromatic amines is 1. The highest BCUT2D eigenvalue weighted by Crippen LogP contribution is 2.21. The van der Waals surface area contributed by atoms with Gasteiger partial charge in [0, 0.05) is 24.5 Å². The Morgan fingerprint density at radius 2 is 2.29 bits per heavy atom. The zero-order valence-electron chi connectivity index (χ0n) is 11.1. The number of likely N-dealkylation sites (N-methyl/N-ethyl adjacent to an activating group) is 1. The van der Waals surface area contributed by atoms with Crippen molar-refractivity contribution in [2.45, 2.75) is 52.1 Å². The summed E-state index contributed by atoms with van der Waals surface area (Å²) in [4.78, 5) is 5.75. The van der Waals surface area contributed by atoms with Gasteiger partial charge in [0.1, 0.15) is 0 Å². The number of hydrogen-bond acceptors (Lipinski definition) is 2. The zero-order chi connectivity index (χ0) is 12.4. The summed E-state index contributed by atoms with van der Waals surface area (Å²) in [6.07, 6.45) is 4.70. The summed E-state index contributed by atoms with van der Waals surface area (Å²) in [5, 5.41) is 0. The van der Waals surface area contributed by atoms with E-state index in [9.17, 15) is 0 Å². The van der Waals surface area contributed by atoms with E-state index in [0.29, 0.717) is 12.0 Å². The lowest BCUT2D eigenvalue weighted by Crippen LogP contribution is -2.33. The Kier molecular flexibility index (Phi) is 4.05. The number of nitrogens with one attached hydrogen (secondary N) is 1. The van der Waals surface area contributed by atoms with Crippen LogP contribution in [0.25, 0.3) is 0 Å². The number of rotatable bonds is 4. The first kappa shape index (κ1) is 12.8. The second-order valence-electron chi connectivity index (χ2n) is 5.21. The largest absolute Gasteiger partial charge is 0.337 e. The fourth-order valence-corrected chi connectivity index (χ4v) is 3.04. The van der Waals surface area contributed by atoms with Crippen molar-refractivity contribution in [3.05, 3.63) is 16.7 Å². The summed E-state index contributed by atoms with van der Waals surface area (Å²) >= 11 is 5.39. The van der Waals surface area contributed by atoms with Gasteiger partial charge >= 0.3 is 0 Å². The maximum Gasteiger partial charge on any atom is 0.177 e. The third-order valence-electron chi connectivity index (χ3n) is 3.79. The fraction of sp³-hybridized carbons (Fsp3) is 0.769. The monoisotopic (exact) mass is 253 g/mol. The van der Waals surface area contributed by atoms with Crippen molar-refractivity contribution < 1.29 is 0 Å². The molecule has 0 spiro atoms. The molecule has 1 unspecified atom stereocenters. The van der Waals surface area contributed by atoms with Crippen LogP contribution < -0.4 is 0 Å². The molecule has 2 rings (SSSR count). The Balaban J connectivity index is 2.18. The SMILES string of the molecule is CCN1CCCC1Cn1c(C(C)C)c[nH]c1=S. The van der Waals surface area contributed by atoms with Crippen LogP contribution in [0.15, 0.2) is 6.20 Å². The predicted molar refractivity (Wildman–Crippen MR) is 74.0 cm³/mol. The summed E-state index contributed by atoms with van der Waals surface area (Å²) in [6.45, 7) is 10.1. The van der Waals surface area contributed by atoms with Gasteiger partial charge < -0.3 is 9.55 Å². The van der Waals surface area contributed by atoms with Crippen LogP contribution in [-0.4, -0.2) is 33.6 Å². The third kappa shape index (κ3) is 2.63. The van der Waals surface area contributed by atoms with Crippen LogP contribution in [-0.2, 0) is 6.54 Å². The Bertz CT molecular complexity index is 419. The number of hydrogen-bond donors (Lipinski definition) is 1. The Hall–Kier alpha value is -0.610. The van der Waals surface area contributed by atoms with Crippen LogP contribution in [0.1, 0.15) is 45.2 Å². The van der Waals surface area contributed by atoms with E-state index in [0.717, 1.165) is 17.9 Å². The maximum absolute atomic E-state index is 5.39. The molecule has 3 nitrogen and oxygen atoms in total. The lowest BCUT2D eigenvalue weighted by Gasteiger charge is -2.24. The number of H-pyrrole nitrogens is 1. The molecule has 4 heteroatoms. The van der Waals surface area contributed by atoms with Gasteiger partial charge in [0.2, 0.25) is 0 Å². The standard InChI is InChI=1S/C13H23N3S/c1-4-15-7-5-6-11(15)9-16-12(10(2)3)8-14-13(16)17/h8,10-11H,4-7,9H2,1-3H3,(H,14,17). The van der Waals surface area contributed by atoms with Crippen LogP contribution in [0, 0.1) is 4.77 Å². The molecule has 17 heavy (non-hydrogen) atoms. The summed E-state index contributed by atoms with van der Waals surface area (Å²) in [7, 11) is 0. The van der Waals surface area contributed by atoms with E-state index in [-0.39, 0.29) is 0 Å². The molecular formula is C13H23N3S. The molecular weight excluding hydrogens is 230 g/mol. The Morgan fingerprint density at radius 3 is 2.94 bits per heavy atom. The van der Waals surface area contributed by atoms with Crippen LogP contribution in [0.2, 0.25) is 0 Å². The molecule has 96 valence electrons. The average molecular weight is 253 g/mol. The van der Waals surface area contributed by atoms with Gasteiger partial charge in [-0.1, -0.05) is 20.8 Å². The minimum atomic E-state index is 0.527. The highest BCUT2D eigenvalue weighted by atomic mass is 32.1. The first-order valence-electron chi connectivity index (χ1n) is 6.65. The molecule has 0 saturated carbocycles. The molecule has 1 aromatic heterocycles. The number of nitrogens with zero attached hydrogens (tertiary/aromatic N) is 2. The van der Waals surface area contributed by atoms with Crippen molar-refractivity contribution in [1.82, 2.24) is 14.5 Å². The van der Waals surface area contributed by atoms with E-state index in [4.69, 9.17) is 12.2 Å². The molecule has 1 saturated heterocycles. The Labute approximate surface area is 109 Å². The van der Waals surface area contributed by atoms with Crippen molar-refractivity contribution in [1.29, 1.82) is 0 Å². The van der Waals surface area contributed by atoms with Gasteiger partial charge in [-0.2, -0.15) is 0 Å². The molecule has 1 N–H and O–H groups in total. The summed E-state index contributed by atoms with van der Waals surface area (Å²) in [6, 6.07) is 0.667. The van der Waals surface area contributed by atoms with Gasteiger partial charge in [0.25, 0.3) is 0 Å². The van der Waals surface area contributed by atoms with Crippen LogP contribution in [0.3, 0.4) is 0 Å². The van der Waals surface area contributed by atoms with E-state index in [1.807, 2.05) is 0 Å². The van der Waals surface area contributed by atoms with Crippen LogP contribution in [0.4, 0.5) is 0 Å². The highest BCUT2D eigenvalue weighted by molar-refractivity contribution is 7.71. The topological polar surface area (TPSA) is 24.0 Å². The normalized spacial score (nSPS) is 21.5. The first-order valence-corrected chi connectivity index (χ1v) is 7.06. The lowest BCUT2D eigenvalue weighted by atomic mass is 10.1. The van der Waals surface area contributed by atoms with Gasteiger partial charge in [0.05, 0.1) is 0 Å². The van der Waals surface area contributed by atoms with Crippen LogP contribution in [0.5, 0.6) is 0 Å². The first-order chi connectivity index (χ1) is 8.13. The minimum absolute atomic E-state index is 0.527. The number of imidazole rings is 1. The molecule has 1 fully saturated rings. The van der Waals surface area contributed by atoms with Crippen molar-refractivity contribution in [2.24, 2.45) is 0 Å². The van der Waals surface area contributed by atoms with Gasteiger partial charge in [-0.3, -0.25) is 4.90 Å². The summed E-state index contributed by atoms with van der Waals surface area (Å²) < 4.78 is 3.16. The van der Waals surface area contributed by atoms with E-state index >= 15 is 0 Å². The third-order valence-corrected chi connectivity index (χ3v) is 4.13. The van der Waals surface area contributed by atoms with E-state index in [1.54, 1.807) is 0 Å². The molecule has 0 aromatic carbocycles. The molecule has 0 radical (unpaired) electrons. The quantitative estimate of drug-likeness (QED) is 0.833. The van der Waals surface area contributed by atoms with Crippen molar-refractivity contribution in [3.63, 3.8) is 0 Å². The second kappa shape index (κ2) is 5.36. The highest BCUT2D eigenvalue weighted by Gasteiger charge is 2.24. The van der Waals surface area contributed by atoms with Gasteiger partial charge in [0.15, 0.2) is 4.77 Å². The average Bonchev–Trinajstić information content (AvgIpc) is 2.87. The van der Waals surface area contributed by atoms with Crippen molar-refractivity contribution >= 4 is 12.2 Å².